The molecule has 160 valence electrons. The summed E-state index contributed by atoms with van der Waals surface area (Å²) in [6.07, 6.45) is 0. The second-order valence-corrected chi connectivity index (χ2v) is 7.97. The van der Waals surface area contributed by atoms with Crippen LogP contribution in [0.1, 0.15) is 15.9 Å². The number of benzene rings is 4. The normalized spacial score (nSPS) is 11.5. The van der Waals surface area contributed by atoms with Crippen LogP contribution in [0.5, 0.6) is 0 Å². The van der Waals surface area contributed by atoms with Crippen LogP contribution < -0.4 is 0 Å². The fourth-order valence-electron chi connectivity index (χ4n) is 4.36. The highest BCUT2D eigenvalue weighted by Crippen LogP contribution is 2.34. The molecule has 2 heterocycles. The van der Waals surface area contributed by atoms with Gasteiger partial charge in [0, 0.05) is 44.7 Å². The van der Waals surface area contributed by atoms with Crippen molar-refractivity contribution in [2.24, 2.45) is 0 Å². The van der Waals surface area contributed by atoms with Crippen LogP contribution in [0, 0.1) is 10.1 Å². The van der Waals surface area contributed by atoms with Gasteiger partial charge in [0.2, 0.25) is 0 Å². The molecule has 2 N–H and O–H groups in total. The van der Waals surface area contributed by atoms with Crippen LogP contribution in [0.15, 0.2) is 78.9 Å². The quantitative estimate of drug-likeness (QED) is 0.195. The minimum atomic E-state index is -0.463. The van der Waals surface area contributed by atoms with Crippen molar-refractivity contribution in [2.45, 2.75) is 6.61 Å². The third-order valence-electron chi connectivity index (χ3n) is 6.00. The number of hydrogen-bond donors (Lipinski definition) is 2. The van der Waals surface area contributed by atoms with E-state index in [9.17, 15) is 14.9 Å². The fraction of sp³-hybridized carbons (Fsp3) is 0.0385. The lowest BCUT2D eigenvalue weighted by molar-refractivity contribution is -0.384. The number of hydrogen-bond acceptors (Lipinski definition) is 4. The van der Waals surface area contributed by atoms with Gasteiger partial charge in [-0.2, -0.15) is 0 Å². The van der Waals surface area contributed by atoms with E-state index in [1.165, 1.54) is 17.5 Å². The molecule has 6 aromatic rings. The number of aromatic amines is 2. The number of carbonyl (C=O) groups is 1. The van der Waals surface area contributed by atoms with Crippen molar-refractivity contribution in [1.82, 2.24) is 9.97 Å². The van der Waals surface area contributed by atoms with E-state index >= 15 is 0 Å². The molecule has 0 bridgehead atoms. The molecule has 4 aromatic carbocycles. The predicted molar refractivity (Wildman–Crippen MR) is 127 cm³/mol. The molecule has 0 aliphatic carbocycles. The Hall–Kier alpha value is -4.65. The molecule has 0 aliphatic rings. The molecule has 2 aromatic heterocycles. The van der Waals surface area contributed by atoms with Crippen molar-refractivity contribution in [3.05, 3.63) is 100 Å². The molecule has 7 heteroatoms. The van der Waals surface area contributed by atoms with Gasteiger partial charge >= 0.3 is 5.97 Å². The molecule has 0 saturated carbocycles. The maximum Gasteiger partial charge on any atom is 0.338 e. The molecule has 0 fully saturated rings. The van der Waals surface area contributed by atoms with Gasteiger partial charge in [0.25, 0.3) is 5.69 Å². The van der Waals surface area contributed by atoms with Gasteiger partial charge in [0.1, 0.15) is 6.61 Å². The standard InChI is InChI=1S/C26H17N3O4/c30-26(33-14-15-5-8-17(9-6-15)29(31)32)16-7-10-19-21-12-11-20-18-3-1-2-4-22(18)27-24(20)25(21)28-23(19)13-16/h1-13,27-28H,14H2. The summed E-state index contributed by atoms with van der Waals surface area (Å²) >= 11 is 0. The lowest BCUT2D eigenvalue weighted by Gasteiger charge is -2.05. The first-order valence-corrected chi connectivity index (χ1v) is 10.4. The van der Waals surface area contributed by atoms with Crippen LogP contribution in [-0.2, 0) is 11.3 Å². The SMILES string of the molecule is O=C(OCc1ccc([N+](=O)[O-])cc1)c1ccc2c(c1)[nH]c1c2ccc2c3ccccc3[nH]c21. The molecular formula is C26H17N3O4. The Morgan fingerprint density at radius 1 is 0.788 bits per heavy atom. The van der Waals surface area contributed by atoms with Crippen LogP contribution in [-0.4, -0.2) is 20.9 Å². The fourth-order valence-corrected chi connectivity index (χ4v) is 4.36. The van der Waals surface area contributed by atoms with Gasteiger partial charge in [-0.3, -0.25) is 10.1 Å². The van der Waals surface area contributed by atoms with Crippen LogP contribution in [0.3, 0.4) is 0 Å². The van der Waals surface area contributed by atoms with Crippen LogP contribution >= 0.6 is 0 Å². The Kier molecular flexibility index (Phi) is 4.16. The molecular weight excluding hydrogens is 418 g/mol. The van der Waals surface area contributed by atoms with Crippen molar-refractivity contribution in [1.29, 1.82) is 0 Å². The molecule has 6 rings (SSSR count). The number of rotatable bonds is 4. The number of nitro groups is 1. The predicted octanol–water partition coefficient (Wildman–Crippen LogP) is 6.22. The van der Waals surface area contributed by atoms with Crippen molar-refractivity contribution >= 4 is 55.3 Å². The van der Waals surface area contributed by atoms with E-state index in [-0.39, 0.29) is 12.3 Å². The molecule has 0 atom stereocenters. The highest BCUT2D eigenvalue weighted by atomic mass is 16.6. The van der Waals surface area contributed by atoms with E-state index in [0.29, 0.717) is 11.1 Å². The first-order valence-electron chi connectivity index (χ1n) is 10.4. The number of nitro benzene ring substituents is 1. The van der Waals surface area contributed by atoms with Crippen molar-refractivity contribution in [2.75, 3.05) is 0 Å². The maximum atomic E-state index is 12.6. The summed E-state index contributed by atoms with van der Waals surface area (Å²) in [6.45, 7) is 0.0389. The molecule has 33 heavy (non-hydrogen) atoms. The van der Waals surface area contributed by atoms with Crippen molar-refractivity contribution in [3.63, 3.8) is 0 Å². The van der Waals surface area contributed by atoms with Gasteiger partial charge in [-0.15, -0.1) is 0 Å². The van der Waals surface area contributed by atoms with E-state index < -0.39 is 10.9 Å². The summed E-state index contributed by atoms with van der Waals surface area (Å²) in [5, 5.41) is 15.2. The van der Waals surface area contributed by atoms with Crippen molar-refractivity contribution < 1.29 is 14.5 Å². The second kappa shape index (κ2) is 7.20. The zero-order valence-corrected chi connectivity index (χ0v) is 17.3. The highest BCUT2D eigenvalue weighted by molar-refractivity contribution is 6.21. The third kappa shape index (κ3) is 3.10. The van der Waals surface area contributed by atoms with Crippen LogP contribution in [0.25, 0.3) is 43.6 Å². The van der Waals surface area contributed by atoms with Gasteiger partial charge in [0.05, 0.1) is 21.5 Å². The molecule has 0 unspecified atom stereocenters. The Balaban J connectivity index is 1.33. The molecule has 0 saturated heterocycles. The van der Waals surface area contributed by atoms with Crippen LogP contribution in [0.4, 0.5) is 5.69 Å². The number of non-ortho nitro benzene ring substituents is 1. The number of carbonyl (C=O) groups excluding carboxylic acids is 1. The number of fused-ring (bicyclic) bond motifs is 7. The Bertz CT molecular complexity index is 1710. The first-order chi connectivity index (χ1) is 16.1. The Morgan fingerprint density at radius 3 is 2.15 bits per heavy atom. The van der Waals surface area contributed by atoms with Crippen molar-refractivity contribution in [3.8, 4) is 0 Å². The number of nitrogens with zero attached hydrogens (tertiary/aromatic N) is 1. The minimum absolute atomic E-state index is 0.00147. The largest absolute Gasteiger partial charge is 0.457 e. The number of esters is 1. The molecule has 0 spiro atoms. The second-order valence-electron chi connectivity index (χ2n) is 7.97. The monoisotopic (exact) mass is 435 g/mol. The van der Waals surface area contributed by atoms with Gasteiger partial charge in [0.15, 0.2) is 0 Å². The van der Waals surface area contributed by atoms with Gasteiger partial charge in [-0.05, 0) is 35.9 Å². The minimum Gasteiger partial charge on any atom is -0.457 e. The summed E-state index contributed by atoms with van der Waals surface area (Å²) in [6, 6.07) is 23.8. The summed E-state index contributed by atoms with van der Waals surface area (Å²) in [7, 11) is 0. The lowest BCUT2D eigenvalue weighted by Crippen LogP contribution is -2.05. The maximum absolute atomic E-state index is 12.6. The van der Waals surface area contributed by atoms with E-state index in [1.807, 2.05) is 18.2 Å². The molecule has 0 aliphatic heterocycles. The summed E-state index contributed by atoms with van der Waals surface area (Å²) in [4.78, 5) is 29.9. The topological polar surface area (TPSA) is 101 Å². The van der Waals surface area contributed by atoms with Gasteiger partial charge < -0.3 is 14.7 Å². The average Bonchev–Trinajstić information content (AvgIpc) is 3.40. The van der Waals surface area contributed by atoms with Gasteiger partial charge in [-0.1, -0.05) is 36.4 Å². The third-order valence-corrected chi connectivity index (χ3v) is 6.00. The number of aromatic nitrogens is 2. The summed E-state index contributed by atoms with van der Waals surface area (Å²) < 4.78 is 5.42. The van der Waals surface area contributed by atoms with Gasteiger partial charge in [-0.25, -0.2) is 4.79 Å². The Labute approximate surface area is 186 Å². The zero-order chi connectivity index (χ0) is 22.5. The summed E-state index contributed by atoms with van der Waals surface area (Å²) in [5.41, 5.74) is 5.07. The number of ether oxygens (including phenoxy) is 1. The van der Waals surface area contributed by atoms with E-state index in [2.05, 4.69) is 34.2 Å². The smallest absolute Gasteiger partial charge is 0.338 e. The molecule has 0 radical (unpaired) electrons. The number of nitrogens with one attached hydrogen (secondary N) is 2. The number of para-hydroxylation sites is 1. The number of H-pyrrole nitrogens is 2. The lowest BCUT2D eigenvalue weighted by atomic mass is 10.1. The zero-order valence-electron chi connectivity index (χ0n) is 17.3. The first kappa shape index (κ1) is 19.1. The van der Waals surface area contributed by atoms with E-state index in [4.69, 9.17) is 4.74 Å². The average molecular weight is 435 g/mol. The summed E-state index contributed by atoms with van der Waals surface area (Å²) in [5.74, 6) is -0.454. The van der Waals surface area contributed by atoms with E-state index in [0.717, 1.165) is 38.2 Å². The van der Waals surface area contributed by atoms with E-state index in [1.54, 1.807) is 24.3 Å². The van der Waals surface area contributed by atoms with Crippen LogP contribution in [0.2, 0.25) is 0 Å². The molecule has 0 amide bonds. The Morgan fingerprint density at radius 2 is 1.42 bits per heavy atom. The highest BCUT2D eigenvalue weighted by Gasteiger charge is 2.14. The molecule has 7 nitrogen and oxygen atoms in total.